The van der Waals surface area contributed by atoms with Crippen LogP contribution in [-0.4, -0.2) is 56.8 Å². The summed E-state index contributed by atoms with van der Waals surface area (Å²) in [6.45, 7) is 4.00. The van der Waals surface area contributed by atoms with Crippen LogP contribution in [0.25, 0.3) is 10.8 Å². The van der Waals surface area contributed by atoms with E-state index >= 15 is 0 Å². The average molecular weight is 576 g/mol. The van der Waals surface area contributed by atoms with E-state index in [1.165, 1.54) is 17.0 Å². The number of nitrogens with one attached hydrogen (secondary N) is 2. The van der Waals surface area contributed by atoms with E-state index < -0.39 is 0 Å². The van der Waals surface area contributed by atoms with Crippen molar-refractivity contribution in [2.45, 2.75) is 32.4 Å². The van der Waals surface area contributed by atoms with Gasteiger partial charge in [0.25, 0.3) is 5.91 Å². The molecule has 3 heterocycles. The van der Waals surface area contributed by atoms with Gasteiger partial charge in [-0.1, -0.05) is 24.3 Å². The van der Waals surface area contributed by atoms with Crippen molar-refractivity contribution in [2.24, 2.45) is 0 Å². The van der Waals surface area contributed by atoms with Crippen molar-refractivity contribution in [1.29, 1.82) is 0 Å². The Morgan fingerprint density at radius 3 is 2.53 bits per heavy atom. The van der Waals surface area contributed by atoms with Crippen LogP contribution < -0.4 is 10.6 Å². The van der Waals surface area contributed by atoms with Gasteiger partial charge in [-0.05, 0) is 91.9 Å². The Balaban J connectivity index is 1.02. The number of carbonyl (C=O) groups is 1. The molecule has 8 nitrogen and oxygen atoms in total. The maximum absolute atomic E-state index is 13.6. The molecule has 0 spiro atoms. The quantitative estimate of drug-likeness (QED) is 0.213. The van der Waals surface area contributed by atoms with Crippen LogP contribution >= 0.6 is 0 Å². The largest absolute Gasteiger partial charge is 0.340 e. The summed E-state index contributed by atoms with van der Waals surface area (Å²) in [5.74, 6) is 0.787. The minimum atomic E-state index is -0.250. The first kappa shape index (κ1) is 28.2. The Labute approximate surface area is 250 Å². The van der Waals surface area contributed by atoms with E-state index in [2.05, 4.69) is 55.7 Å². The van der Waals surface area contributed by atoms with E-state index in [-0.39, 0.29) is 11.7 Å². The molecular weight excluding hydrogens is 541 g/mol. The molecule has 0 unspecified atom stereocenters. The van der Waals surface area contributed by atoms with E-state index in [9.17, 15) is 9.18 Å². The predicted molar refractivity (Wildman–Crippen MR) is 168 cm³/mol. The molecule has 6 rings (SSSR count). The molecule has 3 aromatic carbocycles. The lowest BCUT2D eigenvalue weighted by Crippen LogP contribution is -2.45. The highest BCUT2D eigenvalue weighted by molar-refractivity contribution is 5.94. The van der Waals surface area contributed by atoms with Gasteiger partial charge < -0.3 is 15.5 Å². The first-order chi connectivity index (χ1) is 20.9. The maximum atomic E-state index is 13.6. The smallest absolute Gasteiger partial charge is 0.253 e. The highest BCUT2D eigenvalue weighted by Gasteiger charge is 2.26. The number of aromatic nitrogens is 3. The Morgan fingerprint density at radius 2 is 1.74 bits per heavy atom. The van der Waals surface area contributed by atoms with Crippen molar-refractivity contribution in [3.05, 3.63) is 114 Å². The minimum Gasteiger partial charge on any atom is -0.340 e. The minimum absolute atomic E-state index is 0.0444. The summed E-state index contributed by atoms with van der Waals surface area (Å²) in [6, 6.07) is 22.7. The van der Waals surface area contributed by atoms with Gasteiger partial charge in [0.15, 0.2) is 0 Å². The Kier molecular flexibility index (Phi) is 8.24. The van der Waals surface area contributed by atoms with E-state index in [0.717, 1.165) is 49.2 Å². The SMILES string of the molecule is Cc1cc(Nc2ccnc(Nc3ccc(C(=O)N4CCC(N(C)Cc5cncc6ccccc56)CC4)cc3)n2)ccc1F. The first-order valence-corrected chi connectivity index (χ1v) is 14.5. The molecule has 1 aliphatic heterocycles. The molecule has 1 aliphatic rings. The van der Waals surface area contributed by atoms with Crippen molar-refractivity contribution in [2.75, 3.05) is 30.8 Å². The van der Waals surface area contributed by atoms with Gasteiger partial charge in [-0.2, -0.15) is 4.98 Å². The van der Waals surface area contributed by atoms with Crippen LogP contribution in [0.3, 0.4) is 0 Å². The lowest BCUT2D eigenvalue weighted by molar-refractivity contribution is 0.0640. The third-order valence-corrected chi connectivity index (χ3v) is 8.02. The number of fused-ring (bicyclic) bond motifs is 1. The normalized spacial score (nSPS) is 13.8. The number of likely N-dealkylation sites (tertiary alicyclic amines) is 1. The number of aryl methyl sites for hydroxylation is 1. The summed E-state index contributed by atoms with van der Waals surface area (Å²) < 4.78 is 13.6. The van der Waals surface area contributed by atoms with E-state index in [4.69, 9.17) is 0 Å². The average Bonchev–Trinajstić information content (AvgIpc) is 3.03. The summed E-state index contributed by atoms with van der Waals surface area (Å²) in [5, 5.41) is 8.76. The monoisotopic (exact) mass is 575 g/mol. The fourth-order valence-corrected chi connectivity index (χ4v) is 5.58. The topological polar surface area (TPSA) is 86.3 Å². The molecule has 0 radical (unpaired) electrons. The molecule has 1 fully saturated rings. The molecule has 1 saturated heterocycles. The van der Waals surface area contributed by atoms with Crippen molar-refractivity contribution in [3.63, 3.8) is 0 Å². The van der Waals surface area contributed by atoms with Crippen LogP contribution in [0.1, 0.15) is 34.3 Å². The van der Waals surface area contributed by atoms with E-state index in [1.807, 2.05) is 47.6 Å². The zero-order valence-electron chi connectivity index (χ0n) is 24.3. The lowest BCUT2D eigenvalue weighted by Gasteiger charge is -2.37. The second-order valence-electron chi connectivity index (χ2n) is 11.0. The molecule has 0 bridgehead atoms. The predicted octanol–water partition coefficient (Wildman–Crippen LogP) is 6.70. The van der Waals surface area contributed by atoms with Gasteiger partial charge in [0, 0.05) is 66.6 Å². The van der Waals surface area contributed by atoms with E-state index in [0.29, 0.717) is 28.9 Å². The number of carbonyl (C=O) groups excluding carboxylic acids is 1. The third-order valence-electron chi connectivity index (χ3n) is 8.02. The van der Waals surface area contributed by atoms with Crippen LogP contribution in [0.4, 0.5) is 27.5 Å². The zero-order valence-corrected chi connectivity index (χ0v) is 24.3. The summed E-state index contributed by atoms with van der Waals surface area (Å²) in [4.78, 5) is 30.8. The highest BCUT2D eigenvalue weighted by Crippen LogP contribution is 2.24. The van der Waals surface area contributed by atoms with Gasteiger partial charge in [-0.25, -0.2) is 9.37 Å². The van der Waals surface area contributed by atoms with Crippen LogP contribution in [0.5, 0.6) is 0 Å². The number of hydrogen-bond acceptors (Lipinski definition) is 7. The molecule has 0 atom stereocenters. The lowest BCUT2D eigenvalue weighted by atomic mass is 10.0. The second kappa shape index (κ2) is 12.5. The van der Waals surface area contributed by atoms with Crippen molar-refractivity contribution < 1.29 is 9.18 Å². The highest BCUT2D eigenvalue weighted by atomic mass is 19.1. The van der Waals surface area contributed by atoms with Crippen LogP contribution in [-0.2, 0) is 6.54 Å². The number of benzene rings is 3. The van der Waals surface area contributed by atoms with Gasteiger partial charge in [-0.3, -0.25) is 14.7 Å². The van der Waals surface area contributed by atoms with Crippen LogP contribution in [0, 0.1) is 12.7 Å². The molecule has 2 N–H and O–H groups in total. The van der Waals surface area contributed by atoms with E-state index in [1.54, 1.807) is 31.3 Å². The summed E-state index contributed by atoms with van der Waals surface area (Å²) >= 11 is 0. The Hall–Kier alpha value is -4.89. The molecule has 43 heavy (non-hydrogen) atoms. The standard InChI is InChI=1S/C34H34FN7O/c1-23-19-28(11-12-31(23)35)38-32-13-16-37-34(40-32)39-27-9-7-24(8-10-27)33(43)42-17-14-29(15-18-42)41(2)22-26-21-36-20-25-5-3-4-6-30(25)26/h3-13,16,19-21,29H,14-15,17-18,22H2,1-2H3,(H2,37,38,39,40). The summed E-state index contributed by atoms with van der Waals surface area (Å²) in [5.41, 5.74) is 3.95. The molecule has 218 valence electrons. The number of nitrogens with zero attached hydrogens (tertiary/aromatic N) is 5. The number of piperidine rings is 1. The number of halogens is 1. The molecule has 5 aromatic rings. The summed E-state index contributed by atoms with van der Waals surface area (Å²) in [6.07, 6.45) is 7.38. The van der Waals surface area contributed by atoms with Crippen LogP contribution in [0.15, 0.2) is 91.4 Å². The van der Waals surface area contributed by atoms with Gasteiger partial charge in [0.05, 0.1) is 0 Å². The molecule has 0 aliphatic carbocycles. The molecule has 1 amide bonds. The maximum Gasteiger partial charge on any atom is 0.253 e. The van der Waals surface area contributed by atoms with Gasteiger partial charge in [0.1, 0.15) is 11.6 Å². The zero-order chi connectivity index (χ0) is 29.8. The Morgan fingerprint density at radius 1 is 0.977 bits per heavy atom. The molecule has 2 aromatic heterocycles. The van der Waals surface area contributed by atoms with Gasteiger partial charge in [-0.15, -0.1) is 0 Å². The molecule has 9 heteroatoms. The van der Waals surface area contributed by atoms with Crippen molar-refractivity contribution in [1.82, 2.24) is 24.8 Å². The number of anilines is 4. The number of pyridine rings is 1. The fourth-order valence-electron chi connectivity index (χ4n) is 5.58. The third kappa shape index (κ3) is 6.62. The number of amides is 1. The first-order valence-electron chi connectivity index (χ1n) is 14.5. The van der Waals surface area contributed by atoms with Crippen LogP contribution in [0.2, 0.25) is 0 Å². The number of hydrogen-bond donors (Lipinski definition) is 2. The fraction of sp³-hybridized carbons (Fsp3) is 0.235. The second-order valence-corrected chi connectivity index (χ2v) is 11.0. The number of rotatable bonds is 8. The van der Waals surface area contributed by atoms with Crippen molar-refractivity contribution in [3.8, 4) is 0 Å². The van der Waals surface area contributed by atoms with Gasteiger partial charge in [0.2, 0.25) is 5.95 Å². The van der Waals surface area contributed by atoms with Crippen molar-refractivity contribution >= 4 is 39.8 Å². The van der Waals surface area contributed by atoms with Gasteiger partial charge >= 0.3 is 0 Å². The Bertz CT molecular complexity index is 1730. The molecular formula is C34H34FN7O. The summed E-state index contributed by atoms with van der Waals surface area (Å²) in [7, 11) is 2.16. The molecule has 0 saturated carbocycles.